The predicted octanol–water partition coefficient (Wildman–Crippen LogP) is 1.26. The molecule has 0 unspecified atom stereocenters. The maximum atomic E-state index is 13.5. The zero-order valence-corrected chi connectivity index (χ0v) is 10.4. The summed E-state index contributed by atoms with van der Waals surface area (Å²) in [7, 11) is 0. The molecular formula is C12H17FN2O3. The Kier molecular flexibility index (Phi) is 3.68. The van der Waals surface area contributed by atoms with Gasteiger partial charge in [-0.1, -0.05) is 6.08 Å². The number of hydrogen-bond acceptors (Lipinski definition) is 3. The molecule has 3 atom stereocenters. The number of nitrogens with one attached hydrogen (secondary N) is 1. The van der Waals surface area contributed by atoms with Crippen molar-refractivity contribution in [1.29, 1.82) is 0 Å². The standard InChI is InChI=1S/C12H17FN2O3/c1-3-9-7(2)5-15(12(17)14-9)11-4-8(13)10(6-16)18-11/h3,5,8,10-11,16H,4,6H2,1-2H3,(H,14,17)/t8-,10-,11-/m1/s1. The monoisotopic (exact) mass is 256 g/mol. The molecule has 5 nitrogen and oxygen atoms in total. The topological polar surface area (TPSA) is 61.8 Å². The van der Waals surface area contributed by atoms with Crippen molar-refractivity contribution in [1.82, 2.24) is 10.2 Å². The largest absolute Gasteiger partial charge is 0.394 e. The Bertz CT molecular complexity index is 408. The van der Waals surface area contributed by atoms with Crippen LogP contribution in [0.5, 0.6) is 0 Å². The molecule has 1 saturated heterocycles. The van der Waals surface area contributed by atoms with E-state index in [1.54, 1.807) is 12.3 Å². The minimum Gasteiger partial charge on any atom is -0.394 e. The van der Waals surface area contributed by atoms with Crippen molar-refractivity contribution in [2.45, 2.75) is 38.8 Å². The maximum absolute atomic E-state index is 13.5. The number of ether oxygens (including phenoxy) is 1. The number of halogens is 1. The molecule has 0 aromatic heterocycles. The molecule has 0 aromatic rings. The first-order chi connectivity index (χ1) is 8.56. The molecule has 0 saturated carbocycles. The third kappa shape index (κ3) is 2.26. The number of rotatable bonds is 2. The van der Waals surface area contributed by atoms with Gasteiger partial charge in [-0.25, -0.2) is 9.18 Å². The van der Waals surface area contributed by atoms with Crippen molar-refractivity contribution in [2.24, 2.45) is 0 Å². The molecule has 2 heterocycles. The molecule has 2 aliphatic heterocycles. The molecule has 0 bridgehead atoms. The normalized spacial score (nSPS) is 34.8. The van der Waals surface area contributed by atoms with Crippen molar-refractivity contribution >= 4 is 6.03 Å². The van der Waals surface area contributed by atoms with E-state index >= 15 is 0 Å². The van der Waals surface area contributed by atoms with Crippen LogP contribution in [-0.2, 0) is 4.74 Å². The Morgan fingerprint density at radius 3 is 3.00 bits per heavy atom. The lowest BCUT2D eigenvalue weighted by molar-refractivity contribution is -0.0454. The van der Waals surface area contributed by atoms with Crippen LogP contribution in [-0.4, -0.2) is 41.1 Å². The van der Waals surface area contributed by atoms with E-state index in [9.17, 15) is 9.18 Å². The van der Waals surface area contributed by atoms with Crippen LogP contribution in [0.4, 0.5) is 9.18 Å². The molecular weight excluding hydrogens is 239 g/mol. The van der Waals surface area contributed by atoms with Crippen LogP contribution in [0, 0.1) is 0 Å². The van der Waals surface area contributed by atoms with Gasteiger partial charge in [-0.05, 0) is 19.4 Å². The van der Waals surface area contributed by atoms with E-state index in [-0.39, 0.29) is 19.1 Å². The lowest BCUT2D eigenvalue weighted by Crippen LogP contribution is -2.46. The molecule has 2 aliphatic rings. The Balaban J connectivity index is 2.15. The SMILES string of the molecule is CC=C1NC(=O)N([C@H]2C[C@@H](F)[C@@H](CO)O2)C=C1C. The highest BCUT2D eigenvalue weighted by Gasteiger charge is 2.40. The smallest absolute Gasteiger partial charge is 0.327 e. The number of urea groups is 1. The van der Waals surface area contributed by atoms with Gasteiger partial charge in [-0.15, -0.1) is 0 Å². The number of aliphatic hydroxyl groups excluding tert-OH is 1. The van der Waals surface area contributed by atoms with Crippen LogP contribution in [0.2, 0.25) is 0 Å². The van der Waals surface area contributed by atoms with Gasteiger partial charge in [-0.2, -0.15) is 0 Å². The minimum absolute atomic E-state index is 0.0770. The molecule has 2 rings (SSSR count). The van der Waals surface area contributed by atoms with E-state index in [0.29, 0.717) is 0 Å². The number of carbonyl (C=O) groups excluding carboxylic acids is 1. The molecule has 0 aromatic carbocycles. The number of allylic oxidation sites excluding steroid dienone is 2. The summed E-state index contributed by atoms with van der Waals surface area (Å²) in [6.45, 7) is 3.30. The van der Waals surface area contributed by atoms with Crippen molar-refractivity contribution < 1.29 is 19.0 Å². The van der Waals surface area contributed by atoms with E-state index in [2.05, 4.69) is 5.32 Å². The van der Waals surface area contributed by atoms with Crippen LogP contribution in [0.1, 0.15) is 20.3 Å². The average Bonchev–Trinajstić information content (AvgIpc) is 2.72. The first-order valence-corrected chi connectivity index (χ1v) is 5.91. The summed E-state index contributed by atoms with van der Waals surface area (Å²) in [6, 6.07) is -0.343. The number of aliphatic hydroxyl groups is 1. The molecule has 2 amide bonds. The predicted molar refractivity (Wildman–Crippen MR) is 63.1 cm³/mol. The third-order valence-corrected chi connectivity index (χ3v) is 3.17. The van der Waals surface area contributed by atoms with Gasteiger partial charge >= 0.3 is 6.03 Å². The van der Waals surface area contributed by atoms with Gasteiger partial charge in [0.05, 0.1) is 6.61 Å². The van der Waals surface area contributed by atoms with Crippen molar-refractivity contribution in [2.75, 3.05) is 6.61 Å². The van der Waals surface area contributed by atoms with Crippen molar-refractivity contribution in [3.05, 3.63) is 23.5 Å². The summed E-state index contributed by atoms with van der Waals surface area (Å²) in [4.78, 5) is 13.2. The first-order valence-electron chi connectivity index (χ1n) is 5.91. The van der Waals surface area contributed by atoms with Gasteiger partial charge in [0.15, 0.2) is 0 Å². The fourth-order valence-corrected chi connectivity index (χ4v) is 2.15. The highest BCUT2D eigenvalue weighted by atomic mass is 19.1. The molecule has 100 valence electrons. The number of hydrogen-bond donors (Lipinski definition) is 2. The molecule has 0 spiro atoms. The Morgan fingerprint density at radius 2 is 2.44 bits per heavy atom. The van der Waals surface area contributed by atoms with E-state index in [0.717, 1.165) is 11.3 Å². The summed E-state index contributed by atoms with van der Waals surface area (Å²) in [6.07, 6.45) is 0.763. The fourth-order valence-electron chi connectivity index (χ4n) is 2.15. The van der Waals surface area contributed by atoms with E-state index < -0.39 is 18.5 Å². The molecule has 0 radical (unpaired) electrons. The Morgan fingerprint density at radius 1 is 1.72 bits per heavy atom. The van der Waals surface area contributed by atoms with Crippen LogP contribution in [0.3, 0.4) is 0 Å². The third-order valence-electron chi connectivity index (χ3n) is 3.17. The summed E-state index contributed by atoms with van der Waals surface area (Å²) >= 11 is 0. The average molecular weight is 256 g/mol. The van der Waals surface area contributed by atoms with Gasteiger partial charge in [0.1, 0.15) is 18.5 Å². The van der Waals surface area contributed by atoms with Crippen molar-refractivity contribution in [3.63, 3.8) is 0 Å². The van der Waals surface area contributed by atoms with Crippen LogP contribution in [0.25, 0.3) is 0 Å². The van der Waals surface area contributed by atoms with Crippen molar-refractivity contribution in [3.8, 4) is 0 Å². The second kappa shape index (κ2) is 5.07. The molecule has 6 heteroatoms. The molecule has 2 N–H and O–H groups in total. The van der Waals surface area contributed by atoms with Crippen LogP contribution < -0.4 is 5.32 Å². The lowest BCUT2D eigenvalue weighted by Gasteiger charge is -2.30. The van der Waals surface area contributed by atoms with Gasteiger partial charge in [0.2, 0.25) is 0 Å². The van der Waals surface area contributed by atoms with Gasteiger partial charge in [0, 0.05) is 18.3 Å². The first kappa shape index (κ1) is 13.0. The zero-order valence-electron chi connectivity index (χ0n) is 10.4. The molecule has 18 heavy (non-hydrogen) atoms. The van der Waals surface area contributed by atoms with E-state index in [1.807, 2.05) is 13.8 Å². The lowest BCUT2D eigenvalue weighted by atomic mass is 10.1. The highest BCUT2D eigenvalue weighted by Crippen LogP contribution is 2.28. The van der Waals surface area contributed by atoms with Crippen LogP contribution >= 0.6 is 0 Å². The molecule has 0 aliphatic carbocycles. The summed E-state index contributed by atoms with van der Waals surface area (Å²) in [5.41, 5.74) is 1.62. The molecule has 1 fully saturated rings. The Hall–Kier alpha value is -1.40. The summed E-state index contributed by atoms with van der Waals surface area (Å²) < 4.78 is 18.8. The van der Waals surface area contributed by atoms with Gasteiger partial charge < -0.3 is 15.2 Å². The maximum Gasteiger partial charge on any atom is 0.327 e. The minimum atomic E-state index is -1.25. The van der Waals surface area contributed by atoms with Crippen LogP contribution in [0.15, 0.2) is 23.5 Å². The number of alkyl halides is 1. The number of nitrogens with zero attached hydrogens (tertiary/aromatic N) is 1. The van der Waals surface area contributed by atoms with Gasteiger partial charge in [0.25, 0.3) is 0 Å². The number of amides is 2. The zero-order chi connectivity index (χ0) is 13.3. The number of carbonyl (C=O) groups is 1. The highest BCUT2D eigenvalue weighted by molar-refractivity contribution is 5.80. The quantitative estimate of drug-likeness (QED) is 0.782. The Labute approximate surface area is 105 Å². The second-order valence-electron chi connectivity index (χ2n) is 4.42. The fraction of sp³-hybridized carbons (Fsp3) is 0.583. The van der Waals surface area contributed by atoms with E-state index in [4.69, 9.17) is 9.84 Å². The van der Waals surface area contributed by atoms with Gasteiger partial charge in [-0.3, -0.25) is 4.90 Å². The summed E-state index contributed by atoms with van der Waals surface area (Å²) in [5.74, 6) is 0. The van der Waals surface area contributed by atoms with E-state index in [1.165, 1.54) is 4.90 Å². The second-order valence-corrected chi connectivity index (χ2v) is 4.42. The summed E-state index contributed by atoms with van der Waals surface area (Å²) in [5, 5.41) is 11.6.